The van der Waals surface area contributed by atoms with Crippen LogP contribution in [0, 0.1) is 0 Å². The van der Waals surface area contributed by atoms with Crippen molar-refractivity contribution in [1.29, 1.82) is 0 Å². The number of phenols is 2. The number of hydrogen-bond acceptors (Lipinski definition) is 5. The molecule has 1 unspecified atom stereocenters. The number of benzene rings is 1. The third-order valence-corrected chi connectivity index (χ3v) is 4.55. The van der Waals surface area contributed by atoms with Gasteiger partial charge in [-0.2, -0.15) is 0 Å². The molecule has 2 fully saturated rings. The average molecular weight is 290 g/mol. The molecular weight excluding hydrogens is 268 g/mol. The number of carbonyl (C=O) groups excluding carboxylic acids is 1. The van der Waals surface area contributed by atoms with Crippen molar-refractivity contribution < 1.29 is 15.0 Å². The molecule has 1 atom stereocenters. The predicted octanol–water partition coefficient (Wildman–Crippen LogP) is 1.45. The minimum atomic E-state index is -0.237. The van der Waals surface area contributed by atoms with Crippen LogP contribution < -0.4 is 0 Å². The van der Waals surface area contributed by atoms with Crippen molar-refractivity contribution >= 4 is 5.78 Å². The molecule has 0 spiro atoms. The van der Waals surface area contributed by atoms with E-state index in [1.165, 1.54) is 31.5 Å². The van der Waals surface area contributed by atoms with E-state index in [9.17, 15) is 15.0 Å². The van der Waals surface area contributed by atoms with Crippen LogP contribution in [0.2, 0.25) is 0 Å². The van der Waals surface area contributed by atoms with Crippen molar-refractivity contribution in [3.8, 4) is 11.5 Å². The number of ketones is 1. The highest BCUT2D eigenvalue weighted by Gasteiger charge is 2.29. The molecule has 21 heavy (non-hydrogen) atoms. The average Bonchev–Trinajstić information content (AvgIpc) is 2.80. The molecule has 0 aliphatic carbocycles. The van der Waals surface area contributed by atoms with E-state index in [1.54, 1.807) is 6.07 Å². The van der Waals surface area contributed by atoms with E-state index in [1.807, 2.05) is 0 Å². The highest BCUT2D eigenvalue weighted by atomic mass is 16.3. The lowest BCUT2D eigenvalue weighted by Crippen LogP contribution is -2.38. The topological polar surface area (TPSA) is 64.0 Å². The van der Waals surface area contributed by atoms with Crippen LogP contribution >= 0.6 is 0 Å². The van der Waals surface area contributed by atoms with Gasteiger partial charge in [-0.3, -0.25) is 14.6 Å². The van der Waals surface area contributed by atoms with Gasteiger partial charge in [0.1, 0.15) is 0 Å². The summed E-state index contributed by atoms with van der Waals surface area (Å²) in [6.45, 7) is 4.61. The molecular formula is C16H22N2O3. The molecule has 0 radical (unpaired) electrons. The lowest BCUT2D eigenvalue weighted by atomic mass is 10.1. The first-order chi connectivity index (χ1) is 10.1. The van der Waals surface area contributed by atoms with Gasteiger partial charge in [0.25, 0.3) is 0 Å². The number of rotatable bonds is 3. The van der Waals surface area contributed by atoms with Gasteiger partial charge in [-0.25, -0.2) is 0 Å². The number of nitrogens with zero attached hydrogens (tertiary/aromatic N) is 2. The van der Waals surface area contributed by atoms with Crippen molar-refractivity contribution in [2.75, 3.05) is 32.7 Å². The molecule has 0 amide bonds. The Balaban J connectivity index is 1.64. The van der Waals surface area contributed by atoms with Crippen molar-refractivity contribution in [1.82, 2.24) is 9.80 Å². The fourth-order valence-electron chi connectivity index (χ4n) is 3.42. The molecule has 1 aromatic rings. The van der Waals surface area contributed by atoms with Crippen LogP contribution in [0.3, 0.4) is 0 Å². The van der Waals surface area contributed by atoms with Crippen LogP contribution in [0.4, 0.5) is 0 Å². The minimum absolute atomic E-state index is 0.00301. The van der Waals surface area contributed by atoms with Crippen molar-refractivity contribution in [3.05, 3.63) is 23.8 Å². The zero-order valence-electron chi connectivity index (χ0n) is 12.2. The monoisotopic (exact) mass is 290 g/mol. The summed E-state index contributed by atoms with van der Waals surface area (Å²) in [5, 5.41) is 18.8. The highest BCUT2D eigenvalue weighted by molar-refractivity contribution is 5.98. The van der Waals surface area contributed by atoms with Gasteiger partial charge in [0.15, 0.2) is 17.3 Å². The smallest absolute Gasteiger partial charge is 0.176 e. The van der Waals surface area contributed by atoms with E-state index in [0.29, 0.717) is 18.2 Å². The fourth-order valence-corrected chi connectivity index (χ4v) is 3.42. The number of hydrogen-bond donors (Lipinski definition) is 2. The molecule has 2 N–H and O–H groups in total. The third-order valence-electron chi connectivity index (χ3n) is 4.55. The van der Waals surface area contributed by atoms with Gasteiger partial charge < -0.3 is 10.2 Å². The Morgan fingerprint density at radius 1 is 1.14 bits per heavy atom. The Morgan fingerprint density at radius 3 is 2.76 bits per heavy atom. The van der Waals surface area contributed by atoms with E-state index < -0.39 is 0 Å². The molecule has 5 nitrogen and oxygen atoms in total. The molecule has 0 saturated carbocycles. The first-order valence-corrected chi connectivity index (χ1v) is 7.65. The van der Waals surface area contributed by atoms with E-state index in [0.717, 1.165) is 26.1 Å². The molecule has 2 saturated heterocycles. The van der Waals surface area contributed by atoms with Gasteiger partial charge in [-0.05, 0) is 57.1 Å². The standard InChI is InChI=1S/C16H22N2O3/c19-14-5-4-12(9-15(14)20)16(21)11-17-6-2-8-18-7-1-3-13(18)10-17/h4-5,9,13,19-20H,1-3,6-8,10-11H2. The largest absolute Gasteiger partial charge is 0.504 e. The van der Waals surface area contributed by atoms with Crippen molar-refractivity contribution in [2.45, 2.75) is 25.3 Å². The van der Waals surface area contributed by atoms with Gasteiger partial charge in [0.05, 0.1) is 6.54 Å². The van der Waals surface area contributed by atoms with Gasteiger partial charge in [0.2, 0.25) is 0 Å². The van der Waals surface area contributed by atoms with E-state index in [4.69, 9.17) is 0 Å². The van der Waals surface area contributed by atoms with Crippen LogP contribution in [0.1, 0.15) is 29.6 Å². The Kier molecular flexibility index (Phi) is 4.12. The summed E-state index contributed by atoms with van der Waals surface area (Å²) >= 11 is 0. The molecule has 114 valence electrons. The first-order valence-electron chi connectivity index (χ1n) is 7.65. The van der Waals surface area contributed by atoms with Crippen molar-refractivity contribution in [2.24, 2.45) is 0 Å². The summed E-state index contributed by atoms with van der Waals surface area (Å²) in [5.41, 5.74) is 0.456. The second-order valence-corrected chi connectivity index (χ2v) is 6.05. The van der Waals surface area contributed by atoms with Crippen LogP contribution in [-0.4, -0.2) is 64.6 Å². The molecule has 3 rings (SSSR count). The van der Waals surface area contributed by atoms with Crippen LogP contribution in [0.5, 0.6) is 11.5 Å². The van der Waals surface area contributed by atoms with E-state index >= 15 is 0 Å². The lowest BCUT2D eigenvalue weighted by Gasteiger charge is -2.25. The zero-order valence-corrected chi connectivity index (χ0v) is 12.2. The zero-order chi connectivity index (χ0) is 14.8. The Bertz CT molecular complexity index is 532. The second-order valence-electron chi connectivity index (χ2n) is 6.05. The highest BCUT2D eigenvalue weighted by Crippen LogP contribution is 2.25. The number of Topliss-reactive ketones (excluding diaryl/α,β-unsaturated/α-hetero) is 1. The number of phenolic OH excluding ortho intramolecular Hbond substituents is 2. The predicted molar refractivity (Wildman–Crippen MR) is 79.8 cm³/mol. The van der Waals surface area contributed by atoms with Gasteiger partial charge in [-0.15, -0.1) is 0 Å². The molecule has 2 aliphatic heterocycles. The second kappa shape index (κ2) is 6.03. The normalized spacial score (nSPS) is 23.7. The quantitative estimate of drug-likeness (QED) is 0.651. The summed E-state index contributed by atoms with van der Waals surface area (Å²) in [7, 11) is 0. The summed E-state index contributed by atoms with van der Waals surface area (Å²) in [4.78, 5) is 17.1. The van der Waals surface area contributed by atoms with Gasteiger partial charge in [0, 0.05) is 18.2 Å². The van der Waals surface area contributed by atoms with Gasteiger partial charge in [-0.1, -0.05) is 0 Å². The molecule has 2 heterocycles. The van der Waals surface area contributed by atoms with E-state index in [2.05, 4.69) is 9.80 Å². The number of carbonyl (C=O) groups is 1. The lowest BCUT2D eigenvalue weighted by molar-refractivity contribution is 0.0924. The Hall–Kier alpha value is -1.59. The Morgan fingerprint density at radius 2 is 1.95 bits per heavy atom. The van der Waals surface area contributed by atoms with Crippen LogP contribution in [-0.2, 0) is 0 Å². The molecule has 1 aromatic carbocycles. The Labute approximate surface area is 124 Å². The summed E-state index contributed by atoms with van der Waals surface area (Å²) in [5.74, 6) is -0.432. The SMILES string of the molecule is O=C(CN1CCCN2CCCC2C1)c1ccc(O)c(O)c1. The molecule has 5 heteroatoms. The third kappa shape index (κ3) is 3.19. The maximum absolute atomic E-state index is 12.3. The summed E-state index contributed by atoms with van der Waals surface area (Å²) in [6.07, 6.45) is 3.59. The number of aromatic hydroxyl groups is 2. The van der Waals surface area contributed by atoms with Crippen LogP contribution in [0.25, 0.3) is 0 Å². The maximum atomic E-state index is 12.3. The molecule has 0 bridgehead atoms. The molecule has 0 aromatic heterocycles. The minimum Gasteiger partial charge on any atom is -0.504 e. The fraction of sp³-hybridized carbons (Fsp3) is 0.562. The van der Waals surface area contributed by atoms with E-state index in [-0.39, 0.29) is 17.3 Å². The summed E-state index contributed by atoms with van der Waals surface area (Å²) < 4.78 is 0. The maximum Gasteiger partial charge on any atom is 0.176 e. The molecule has 2 aliphatic rings. The number of fused-ring (bicyclic) bond motifs is 1. The van der Waals surface area contributed by atoms with Crippen LogP contribution in [0.15, 0.2) is 18.2 Å². The summed E-state index contributed by atoms with van der Waals surface area (Å²) in [6, 6.07) is 4.87. The first kappa shape index (κ1) is 14.4. The van der Waals surface area contributed by atoms with Gasteiger partial charge >= 0.3 is 0 Å². The van der Waals surface area contributed by atoms with Crippen molar-refractivity contribution in [3.63, 3.8) is 0 Å².